The van der Waals surface area contributed by atoms with Gasteiger partial charge in [0.25, 0.3) is 0 Å². The quantitative estimate of drug-likeness (QED) is 0.460. The first kappa shape index (κ1) is 14.6. The molecule has 1 rings (SSSR count). The molecule has 18 heavy (non-hydrogen) atoms. The molecule has 100 valence electrons. The lowest BCUT2D eigenvalue weighted by Crippen LogP contribution is -2.25. The summed E-state index contributed by atoms with van der Waals surface area (Å²) in [6.07, 6.45) is 0. The average molecular weight is 252 g/mol. The van der Waals surface area contributed by atoms with Crippen LogP contribution in [-0.4, -0.2) is 26.9 Å². The molecule has 2 N–H and O–H groups in total. The zero-order valence-corrected chi connectivity index (χ0v) is 11.1. The summed E-state index contributed by atoms with van der Waals surface area (Å²) < 4.78 is 10.4. The summed E-state index contributed by atoms with van der Waals surface area (Å²) in [5.74, 6) is 0. The molecule has 0 aromatic heterocycles. The van der Waals surface area contributed by atoms with Gasteiger partial charge in [0, 0.05) is 18.2 Å². The second kappa shape index (κ2) is 6.47. The highest BCUT2D eigenvalue weighted by Crippen LogP contribution is 2.33. The van der Waals surface area contributed by atoms with E-state index in [1.807, 2.05) is 19.9 Å². The minimum atomic E-state index is -0.301. The van der Waals surface area contributed by atoms with Gasteiger partial charge in [-0.25, -0.2) is 0 Å². The maximum Gasteiger partial charge on any atom is 0.113 e. The van der Waals surface area contributed by atoms with Gasteiger partial charge >= 0.3 is 0 Å². The highest BCUT2D eigenvalue weighted by atomic mass is 16.5. The van der Waals surface area contributed by atoms with Gasteiger partial charge in [0.2, 0.25) is 0 Å². The maximum absolute atomic E-state index is 10.8. The van der Waals surface area contributed by atoms with Crippen LogP contribution in [0.5, 0.6) is 0 Å². The van der Waals surface area contributed by atoms with Crippen molar-refractivity contribution in [2.45, 2.75) is 19.3 Å². The fourth-order valence-electron chi connectivity index (χ4n) is 1.74. The zero-order chi connectivity index (χ0) is 13.6. The highest BCUT2D eigenvalue weighted by Gasteiger charge is 2.24. The average Bonchev–Trinajstić information content (AvgIpc) is 2.34. The molecule has 0 unspecified atom stereocenters. The molecule has 0 aliphatic carbocycles. The van der Waals surface area contributed by atoms with Crippen molar-refractivity contribution in [1.82, 2.24) is 0 Å². The van der Waals surface area contributed by atoms with Crippen LogP contribution >= 0.6 is 0 Å². The van der Waals surface area contributed by atoms with Crippen LogP contribution in [0.15, 0.2) is 23.4 Å². The van der Waals surface area contributed by atoms with Crippen molar-refractivity contribution in [3.8, 4) is 0 Å². The molecule has 5 heteroatoms. The van der Waals surface area contributed by atoms with Gasteiger partial charge in [0.1, 0.15) is 5.69 Å². The number of nitrogens with zero attached hydrogens (tertiary/aromatic N) is 1. The van der Waals surface area contributed by atoms with E-state index in [9.17, 15) is 4.91 Å². The smallest absolute Gasteiger partial charge is 0.113 e. The molecule has 0 fully saturated rings. The highest BCUT2D eigenvalue weighted by molar-refractivity contribution is 5.58. The maximum atomic E-state index is 10.8. The number of hydrogen-bond donors (Lipinski definition) is 1. The van der Waals surface area contributed by atoms with Crippen molar-refractivity contribution in [1.29, 1.82) is 0 Å². The molecule has 0 radical (unpaired) electrons. The monoisotopic (exact) mass is 252 g/mol. The van der Waals surface area contributed by atoms with Crippen molar-refractivity contribution < 1.29 is 9.47 Å². The van der Waals surface area contributed by atoms with Crippen molar-refractivity contribution in [3.05, 3.63) is 28.7 Å². The molecular weight excluding hydrogens is 232 g/mol. The van der Waals surface area contributed by atoms with E-state index in [0.717, 1.165) is 5.56 Å². The van der Waals surface area contributed by atoms with Gasteiger partial charge in [-0.2, -0.15) is 0 Å². The summed E-state index contributed by atoms with van der Waals surface area (Å²) >= 11 is 0. The first-order valence-electron chi connectivity index (χ1n) is 5.81. The normalized spacial score (nSPS) is 11.5. The van der Waals surface area contributed by atoms with E-state index < -0.39 is 0 Å². The summed E-state index contributed by atoms with van der Waals surface area (Å²) in [4.78, 5) is 10.8. The molecule has 0 aliphatic heterocycles. The van der Waals surface area contributed by atoms with Crippen LogP contribution < -0.4 is 5.73 Å². The molecule has 1 aromatic carbocycles. The van der Waals surface area contributed by atoms with E-state index in [-0.39, 0.29) is 5.41 Å². The zero-order valence-electron chi connectivity index (χ0n) is 11.1. The van der Waals surface area contributed by atoms with Crippen LogP contribution in [-0.2, 0) is 14.9 Å². The summed E-state index contributed by atoms with van der Waals surface area (Å²) in [5.41, 5.74) is 7.08. The van der Waals surface area contributed by atoms with E-state index in [1.165, 1.54) is 0 Å². The molecule has 0 aliphatic rings. The molecule has 0 atom stereocenters. The molecule has 5 nitrogen and oxygen atoms in total. The van der Waals surface area contributed by atoms with Crippen LogP contribution in [0.4, 0.5) is 11.4 Å². The standard InChI is InChI=1S/C13H20N2O3/c1-13(2,9-18-7-6-17-3)11-5-4-10(14)8-12(11)15-16/h4-5,8H,6-7,9,14H2,1-3H3. The Hall–Kier alpha value is -1.46. The summed E-state index contributed by atoms with van der Waals surface area (Å²) in [6, 6.07) is 5.17. The van der Waals surface area contributed by atoms with Crippen molar-refractivity contribution in [2.24, 2.45) is 5.18 Å². The number of nitrogens with two attached hydrogens (primary N) is 1. The Balaban J connectivity index is 2.80. The largest absolute Gasteiger partial charge is 0.399 e. The number of nitroso groups, excluding NO2 is 1. The lowest BCUT2D eigenvalue weighted by Gasteiger charge is -2.26. The van der Waals surface area contributed by atoms with Gasteiger partial charge in [-0.3, -0.25) is 0 Å². The molecule has 0 amide bonds. The van der Waals surface area contributed by atoms with Gasteiger partial charge in [-0.15, -0.1) is 4.91 Å². The topological polar surface area (TPSA) is 73.9 Å². The number of hydrogen-bond acceptors (Lipinski definition) is 5. The molecule has 0 heterocycles. The fraction of sp³-hybridized carbons (Fsp3) is 0.538. The summed E-state index contributed by atoms with van der Waals surface area (Å²) in [7, 11) is 1.63. The number of anilines is 1. The molecule has 0 saturated carbocycles. The van der Waals surface area contributed by atoms with Crippen LogP contribution in [0.2, 0.25) is 0 Å². The first-order valence-corrected chi connectivity index (χ1v) is 5.81. The third-order valence-electron chi connectivity index (χ3n) is 2.74. The second-order valence-electron chi connectivity index (χ2n) is 4.80. The minimum absolute atomic E-state index is 0.301. The Bertz CT molecular complexity index is 405. The predicted molar refractivity (Wildman–Crippen MR) is 72.0 cm³/mol. The summed E-state index contributed by atoms with van der Waals surface area (Å²) in [6.45, 7) is 5.57. The Kier molecular flexibility index (Phi) is 5.25. The van der Waals surface area contributed by atoms with Crippen molar-refractivity contribution in [2.75, 3.05) is 32.7 Å². The minimum Gasteiger partial charge on any atom is -0.399 e. The lowest BCUT2D eigenvalue weighted by molar-refractivity contribution is 0.0486. The third-order valence-corrected chi connectivity index (χ3v) is 2.74. The van der Waals surface area contributed by atoms with Gasteiger partial charge < -0.3 is 15.2 Å². The van der Waals surface area contributed by atoms with E-state index in [1.54, 1.807) is 19.2 Å². The number of ether oxygens (including phenoxy) is 2. The predicted octanol–water partition coefficient (Wildman–Crippen LogP) is 2.61. The number of nitrogen functional groups attached to an aromatic ring is 1. The lowest BCUT2D eigenvalue weighted by atomic mass is 9.84. The van der Waals surface area contributed by atoms with E-state index >= 15 is 0 Å². The Morgan fingerprint density at radius 3 is 2.67 bits per heavy atom. The Morgan fingerprint density at radius 1 is 1.33 bits per heavy atom. The van der Waals surface area contributed by atoms with Crippen LogP contribution in [0.3, 0.4) is 0 Å². The van der Waals surface area contributed by atoms with Crippen LogP contribution in [0, 0.1) is 4.91 Å². The van der Waals surface area contributed by atoms with E-state index in [4.69, 9.17) is 15.2 Å². The van der Waals surface area contributed by atoms with E-state index in [2.05, 4.69) is 5.18 Å². The molecular formula is C13H20N2O3. The van der Waals surface area contributed by atoms with E-state index in [0.29, 0.717) is 31.2 Å². The Labute approximate surface area is 107 Å². The fourth-order valence-corrected chi connectivity index (χ4v) is 1.74. The van der Waals surface area contributed by atoms with Crippen LogP contribution in [0.25, 0.3) is 0 Å². The van der Waals surface area contributed by atoms with Crippen molar-refractivity contribution >= 4 is 11.4 Å². The number of benzene rings is 1. The van der Waals surface area contributed by atoms with Gasteiger partial charge in [-0.05, 0) is 22.9 Å². The van der Waals surface area contributed by atoms with Gasteiger partial charge in [0.05, 0.1) is 19.8 Å². The van der Waals surface area contributed by atoms with Crippen LogP contribution in [0.1, 0.15) is 19.4 Å². The molecule has 1 aromatic rings. The number of rotatable bonds is 7. The van der Waals surface area contributed by atoms with Crippen molar-refractivity contribution in [3.63, 3.8) is 0 Å². The molecule has 0 bridgehead atoms. The second-order valence-corrected chi connectivity index (χ2v) is 4.80. The Morgan fingerprint density at radius 2 is 2.06 bits per heavy atom. The molecule has 0 saturated heterocycles. The molecule has 0 spiro atoms. The summed E-state index contributed by atoms with van der Waals surface area (Å²) in [5, 5.41) is 3.03. The van der Waals surface area contributed by atoms with Gasteiger partial charge in [-0.1, -0.05) is 19.9 Å². The SMILES string of the molecule is COCCOCC(C)(C)c1ccc(N)cc1N=O. The number of methoxy groups -OCH3 is 1. The first-order chi connectivity index (χ1) is 8.51. The third kappa shape index (κ3) is 3.78. The van der Waals surface area contributed by atoms with Gasteiger partial charge in [0.15, 0.2) is 0 Å².